The van der Waals surface area contributed by atoms with Crippen LogP contribution < -0.4 is 5.32 Å². The Bertz CT molecular complexity index is 522. The summed E-state index contributed by atoms with van der Waals surface area (Å²) in [6, 6.07) is 4.67. The zero-order valence-corrected chi connectivity index (χ0v) is 14.0. The number of piperidine rings is 1. The first-order valence-corrected chi connectivity index (χ1v) is 8.14. The van der Waals surface area contributed by atoms with Crippen molar-refractivity contribution in [2.24, 2.45) is 11.8 Å². The molecule has 1 aromatic rings. The van der Waals surface area contributed by atoms with Crippen LogP contribution in [0.1, 0.15) is 43.1 Å². The van der Waals surface area contributed by atoms with Crippen molar-refractivity contribution in [3.05, 3.63) is 35.1 Å². The van der Waals surface area contributed by atoms with Gasteiger partial charge in [-0.05, 0) is 49.8 Å². The number of hydrogen-bond donors (Lipinski definition) is 1. The van der Waals surface area contributed by atoms with Gasteiger partial charge in [-0.2, -0.15) is 0 Å². The van der Waals surface area contributed by atoms with Crippen LogP contribution in [0.15, 0.2) is 18.2 Å². The molecule has 1 aliphatic heterocycles. The monoisotopic (exact) mass is 306 g/mol. The molecule has 0 bridgehead atoms. The Morgan fingerprint density at radius 2 is 2.00 bits per heavy atom. The number of aryl methyl sites for hydroxylation is 1. The molecule has 0 radical (unpaired) electrons. The molecule has 2 rings (SSSR count). The highest BCUT2D eigenvalue weighted by atomic mass is 19.1. The number of amides is 1. The summed E-state index contributed by atoms with van der Waals surface area (Å²) in [5, 5.41) is 2.97. The second-order valence-electron chi connectivity index (χ2n) is 7.00. The Labute approximate surface area is 132 Å². The number of carbonyl (C=O) groups excluding carboxylic acids is 1. The number of carbonyl (C=O) groups is 1. The first-order chi connectivity index (χ1) is 10.3. The van der Waals surface area contributed by atoms with Crippen molar-refractivity contribution >= 4 is 5.91 Å². The SMILES string of the molecule is Cc1ccc(C(=O)NC(C)CN2CC(C)CC(C)C2)cc1F. The van der Waals surface area contributed by atoms with E-state index < -0.39 is 0 Å². The third kappa shape index (κ3) is 4.54. The van der Waals surface area contributed by atoms with Crippen LogP contribution >= 0.6 is 0 Å². The van der Waals surface area contributed by atoms with E-state index in [-0.39, 0.29) is 17.8 Å². The Hall–Kier alpha value is -1.42. The predicted octanol–water partition coefficient (Wildman–Crippen LogP) is 3.23. The lowest BCUT2D eigenvalue weighted by atomic mass is 9.92. The lowest BCUT2D eigenvalue weighted by Gasteiger charge is -2.36. The predicted molar refractivity (Wildman–Crippen MR) is 87.5 cm³/mol. The van der Waals surface area contributed by atoms with Gasteiger partial charge in [-0.25, -0.2) is 4.39 Å². The van der Waals surface area contributed by atoms with Gasteiger partial charge in [0.1, 0.15) is 5.82 Å². The Morgan fingerprint density at radius 3 is 2.59 bits per heavy atom. The number of hydrogen-bond acceptors (Lipinski definition) is 2. The van der Waals surface area contributed by atoms with Crippen molar-refractivity contribution in [3.8, 4) is 0 Å². The summed E-state index contributed by atoms with van der Waals surface area (Å²) in [4.78, 5) is 14.6. The van der Waals surface area contributed by atoms with Crippen LogP contribution in [-0.2, 0) is 0 Å². The first-order valence-electron chi connectivity index (χ1n) is 8.14. The molecule has 1 fully saturated rings. The Kier molecular flexibility index (Phi) is 5.57. The van der Waals surface area contributed by atoms with Gasteiger partial charge in [-0.1, -0.05) is 19.9 Å². The van der Waals surface area contributed by atoms with E-state index in [1.54, 1.807) is 19.1 Å². The highest BCUT2D eigenvalue weighted by molar-refractivity contribution is 5.94. The third-order valence-electron chi connectivity index (χ3n) is 4.29. The maximum Gasteiger partial charge on any atom is 0.251 e. The number of likely N-dealkylation sites (tertiary alicyclic amines) is 1. The Balaban J connectivity index is 1.89. The van der Waals surface area contributed by atoms with E-state index in [0.717, 1.165) is 19.6 Å². The van der Waals surface area contributed by atoms with Crippen LogP contribution in [-0.4, -0.2) is 36.5 Å². The average Bonchev–Trinajstić information content (AvgIpc) is 2.40. The summed E-state index contributed by atoms with van der Waals surface area (Å²) in [5.41, 5.74) is 0.941. The second-order valence-corrected chi connectivity index (χ2v) is 7.00. The fourth-order valence-corrected chi connectivity index (χ4v) is 3.42. The van der Waals surface area contributed by atoms with E-state index in [4.69, 9.17) is 0 Å². The van der Waals surface area contributed by atoms with Crippen LogP contribution in [0.25, 0.3) is 0 Å². The summed E-state index contributed by atoms with van der Waals surface area (Å²) >= 11 is 0. The van der Waals surface area contributed by atoms with Gasteiger partial charge in [0, 0.05) is 31.2 Å². The number of nitrogens with zero attached hydrogens (tertiary/aromatic N) is 1. The van der Waals surface area contributed by atoms with Gasteiger partial charge in [0.25, 0.3) is 5.91 Å². The van der Waals surface area contributed by atoms with E-state index >= 15 is 0 Å². The van der Waals surface area contributed by atoms with Crippen LogP contribution in [0.4, 0.5) is 4.39 Å². The second kappa shape index (κ2) is 7.23. The van der Waals surface area contributed by atoms with Crippen LogP contribution in [0.3, 0.4) is 0 Å². The molecule has 3 unspecified atom stereocenters. The quantitative estimate of drug-likeness (QED) is 0.926. The zero-order chi connectivity index (χ0) is 16.3. The molecule has 122 valence electrons. The standard InChI is InChI=1S/C18H27FN2O/c1-12-7-13(2)10-21(9-12)11-15(4)20-18(22)16-6-5-14(3)17(19)8-16/h5-6,8,12-13,15H,7,9-11H2,1-4H3,(H,20,22). The van der Waals surface area contributed by atoms with Gasteiger partial charge in [0.2, 0.25) is 0 Å². The molecule has 1 aliphatic rings. The number of rotatable bonds is 4. The average molecular weight is 306 g/mol. The molecule has 0 saturated carbocycles. The lowest BCUT2D eigenvalue weighted by molar-refractivity contribution is 0.0904. The smallest absolute Gasteiger partial charge is 0.251 e. The molecule has 0 aromatic heterocycles. The van der Waals surface area contributed by atoms with Crippen LogP contribution in [0.2, 0.25) is 0 Å². The van der Waals surface area contributed by atoms with Crippen molar-refractivity contribution in [1.29, 1.82) is 0 Å². The molecular formula is C18H27FN2O. The van der Waals surface area contributed by atoms with Crippen LogP contribution in [0, 0.1) is 24.6 Å². The molecule has 0 spiro atoms. The summed E-state index contributed by atoms with van der Waals surface area (Å²) in [7, 11) is 0. The van der Waals surface area contributed by atoms with Crippen molar-refractivity contribution in [3.63, 3.8) is 0 Å². The van der Waals surface area contributed by atoms with Crippen molar-refractivity contribution in [2.45, 2.75) is 40.2 Å². The van der Waals surface area contributed by atoms with Gasteiger partial charge >= 0.3 is 0 Å². The minimum Gasteiger partial charge on any atom is -0.348 e. The maximum atomic E-state index is 13.5. The molecule has 1 heterocycles. The lowest BCUT2D eigenvalue weighted by Crippen LogP contribution is -2.47. The van der Waals surface area contributed by atoms with E-state index in [0.29, 0.717) is 23.0 Å². The minimum atomic E-state index is -0.334. The summed E-state index contributed by atoms with van der Waals surface area (Å²) < 4.78 is 13.5. The molecule has 1 N–H and O–H groups in total. The van der Waals surface area contributed by atoms with E-state index in [9.17, 15) is 9.18 Å². The van der Waals surface area contributed by atoms with Gasteiger partial charge in [0.05, 0.1) is 0 Å². The molecule has 1 amide bonds. The van der Waals surface area contributed by atoms with Gasteiger partial charge in [-0.15, -0.1) is 0 Å². The summed E-state index contributed by atoms with van der Waals surface area (Å²) in [6.45, 7) is 11.3. The highest BCUT2D eigenvalue weighted by Gasteiger charge is 2.23. The minimum absolute atomic E-state index is 0.0503. The largest absolute Gasteiger partial charge is 0.348 e. The molecule has 1 saturated heterocycles. The normalized spacial score (nSPS) is 24.0. The van der Waals surface area contributed by atoms with E-state index in [2.05, 4.69) is 24.1 Å². The van der Waals surface area contributed by atoms with Gasteiger partial charge in [0.15, 0.2) is 0 Å². The first kappa shape index (κ1) is 16.9. The molecule has 4 heteroatoms. The molecule has 0 aliphatic carbocycles. The molecule has 3 nitrogen and oxygen atoms in total. The zero-order valence-electron chi connectivity index (χ0n) is 14.0. The van der Waals surface area contributed by atoms with Crippen molar-refractivity contribution in [2.75, 3.05) is 19.6 Å². The molecule has 22 heavy (non-hydrogen) atoms. The molecular weight excluding hydrogens is 279 g/mol. The van der Waals surface area contributed by atoms with Gasteiger partial charge < -0.3 is 10.2 Å². The fourth-order valence-electron chi connectivity index (χ4n) is 3.42. The number of halogens is 1. The van der Waals surface area contributed by atoms with Gasteiger partial charge in [-0.3, -0.25) is 4.79 Å². The topological polar surface area (TPSA) is 32.3 Å². The van der Waals surface area contributed by atoms with E-state index in [1.165, 1.54) is 12.5 Å². The maximum absolute atomic E-state index is 13.5. The van der Waals surface area contributed by atoms with Crippen molar-refractivity contribution in [1.82, 2.24) is 10.2 Å². The summed E-state index contributed by atoms with van der Waals surface area (Å²) in [5.74, 6) is 0.874. The highest BCUT2D eigenvalue weighted by Crippen LogP contribution is 2.20. The fraction of sp³-hybridized carbons (Fsp3) is 0.611. The molecule has 3 atom stereocenters. The third-order valence-corrected chi connectivity index (χ3v) is 4.29. The number of nitrogens with one attached hydrogen (secondary N) is 1. The molecule has 1 aromatic carbocycles. The number of benzene rings is 1. The summed E-state index contributed by atoms with van der Waals surface area (Å²) in [6.07, 6.45) is 1.28. The van der Waals surface area contributed by atoms with Crippen molar-refractivity contribution < 1.29 is 9.18 Å². The Morgan fingerprint density at radius 1 is 1.36 bits per heavy atom. The van der Waals surface area contributed by atoms with E-state index in [1.807, 2.05) is 6.92 Å². The van der Waals surface area contributed by atoms with Crippen LogP contribution in [0.5, 0.6) is 0 Å².